The zero-order chi connectivity index (χ0) is 40.1. The van der Waals surface area contributed by atoms with Crippen LogP contribution >= 0.6 is 0 Å². The summed E-state index contributed by atoms with van der Waals surface area (Å²) < 4.78 is 51.0. The van der Waals surface area contributed by atoms with E-state index in [9.17, 15) is 19.1 Å². The van der Waals surface area contributed by atoms with Gasteiger partial charge in [0.15, 0.2) is 5.82 Å². The van der Waals surface area contributed by atoms with Crippen LogP contribution in [-0.4, -0.2) is 110 Å². The lowest BCUT2D eigenvalue weighted by Crippen LogP contribution is -2.64. The number of amides is 2. The van der Waals surface area contributed by atoms with Crippen molar-refractivity contribution in [3.8, 4) is 35.5 Å². The summed E-state index contributed by atoms with van der Waals surface area (Å²) in [5, 5.41) is 14.3. The average Bonchev–Trinajstić information content (AvgIpc) is 3.70. The fraction of sp³-hybridized carbons (Fsp3) is 0.452. The van der Waals surface area contributed by atoms with E-state index in [2.05, 4.69) is 22.8 Å². The molecular formula is C42H43F2N7O6. The van der Waals surface area contributed by atoms with Crippen LogP contribution in [0.3, 0.4) is 0 Å². The molecule has 4 aromatic rings. The molecule has 9 rings (SSSR count). The van der Waals surface area contributed by atoms with Crippen molar-refractivity contribution in [1.82, 2.24) is 24.8 Å². The van der Waals surface area contributed by atoms with Crippen molar-refractivity contribution in [1.29, 1.82) is 0 Å². The molecule has 13 nitrogen and oxygen atoms in total. The highest BCUT2D eigenvalue weighted by atomic mass is 19.1. The topological polar surface area (TPSA) is 142 Å². The zero-order valence-electron chi connectivity index (χ0n) is 32.1. The SMILES string of the molecule is C#Cc1cccc2cc(NC(=O)OC(C)(C)C)cc(-c3nc4c5c(nc(OCC67CC(=C)CN6C[C@H](F)C7)nc5c3F)N3CC5CCC(C3C(C)O4)N5C(=O)O)c12. The van der Waals surface area contributed by atoms with E-state index >= 15 is 4.39 Å². The van der Waals surface area contributed by atoms with E-state index in [0.717, 1.165) is 5.57 Å². The van der Waals surface area contributed by atoms with Crippen LogP contribution < -0.4 is 19.7 Å². The van der Waals surface area contributed by atoms with E-state index in [1.807, 2.05) is 16.7 Å². The number of carbonyl (C=O) groups is 2. The summed E-state index contributed by atoms with van der Waals surface area (Å²) in [5.41, 5.74) is 0.309. The molecule has 6 atom stereocenters. The molecule has 0 aliphatic carbocycles. The minimum absolute atomic E-state index is 0.0483. The van der Waals surface area contributed by atoms with Crippen molar-refractivity contribution < 1.29 is 37.7 Å². The van der Waals surface area contributed by atoms with E-state index in [1.54, 1.807) is 51.1 Å². The molecule has 2 bridgehead atoms. The number of halogens is 2. The fourth-order valence-electron chi connectivity index (χ4n) is 9.84. The number of nitrogens with one attached hydrogen (secondary N) is 1. The van der Waals surface area contributed by atoms with E-state index in [-0.39, 0.29) is 66.2 Å². The van der Waals surface area contributed by atoms with Crippen LogP contribution in [0.2, 0.25) is 0 Å². The largest absolute Gasteiger partial charge is 0.472 e. The summed E-state index contributed by atoms with van der Waals surface area (Å²) >= 11 is 0. The second-order valence-corrected chi connectivity index (χ2v) is 16.9. The third-order valence-corrected chi connectivity index (χ3v) is 11.9. The number of alkyl halides is 1. The fourth-order valence-corrected chi connectivity index (χ4v) is 9.84. The highest BCUT2D eigenvalue weighted by Crippen LogP contribution is 2.48. The Labute approximate surface area is 328 Å². The standard InChI is InChI=1S/C42H43F2N7O6/c1-7-23-9-8-10-24-13-26(45-39(52)57-41(4,5)6)14-28(30(23)24)33-32(44)34-31-36(48-38(47-34)55-20-42-15-21(2)17-49(42)18-25(43)16-42)50-19-27-11-12-29(51(27)40(53)54)35(50)22(3)56-37(31)46-33/h1,8-10,13-14,22,25,27,29,35H,2,11-12,15-20H2,3-6H3,(H,45,52)(H,53,54)/t22?,25-,27?,29?,35?,42?/m1/s1. The van der Waals surface area contributed by atoms with Crippen molar-refractivity contribution in [2.45, 2.75) is 94.9 Å². The van der Waals surface area contributed by atoms with Gasteiger partial charge in [-0.25, -0.2) is 23.4 Å². The van der Waals surface area contributed by atoms with Crippen molar-refractivity contribution in [3.63, 3.8) is 0 Å². The molecule has 296 valence electrons. The third kappa shape index (κ3) is 6.12. The smallest absolute Gasteiger partial charge is 0.412 e. The number of carboxylic acid groups (broad SMARTS) is 1. The van der Waals surface area contributed by atoms with Crippen LogP contribution in [-0.2, 0) is 4.74 Å². The number of terminal acetylenes is 1. The Balaban J connectivity index is 1.23. The second-order valence-electron chi connectivity index (χ2n) is 16.9. The molecule has 0 saturated carbocycles. The summed E-state index contributed by atoms with van der Waals surface area (Å²) in [5.74, 6) is 2.25. The summed E-state index contributed by atoms with van der Waals surface area (Å²) in [6.07, 6.45) is 4.68. The third-order valence-electron chi connectivity index (χ3n) is 11.9. The molecule has 0 radical (unpaired) electrons. The van der Waals surface area contributed by atoms with Gasteiger partial charge in [0.05, 0.1) is 23.7 Å². The number of anilines is 2. The molecule has 0 spiro atoms. The molecule has 2 aromatic heterocycles. The van der Waals surface area contributed by atoms with Gasteiger partial charge in [-0.1, -0.05) is 30.2 Å². The predicted molar refractivity (Wildman–Crippen MR) is 209 cm³/mol. The monoisotopic (exact) mass is 779 g/mol. The number of aromatic nitrogens is 3. The average molecular weight is 780 g/mol. The molecule has 2 amide bonds. The number of hydrogen-bond donors (Lipinski definition) is 2. The summed E-state index contributed by atoms with van der Waals surface area (Å²) in [7, 11) is 0. The second kappa shape index (κ2) is 13.2. The highest BCUT2D eigenvalue weighted by molar-refractivity contribution is 6.06. The molecule has 2 N–H and O–H groups in total. The van der Waals surface area contributed by atoms with E-state index in [1.165, 1.54) is 4.90 Å². The van der Waals surface area contributed by atoms with Crippen LogP contribution in [0.1, 0.15) is 58.9 Å². The lowest BCUT2D eigenvalue weighted by molar-refractivity contribution is 0.0634. The van der Waals surface area contributed by atoms with Gasteiger partial charge in [-0.05, 0) is 70.5 Å². The van der Waals surface area contributed by atoms with Gasteiger partial charge in [-0.2, -0.15) is 9.97 Å². The van der Waals surface area contributed by atoms with Crippen LogP contribution in [0.15, 0.2) is 42.5 Å². The molecule has 2 aromatic carbocycles. The number of nitrogens with zero attached hydrogens (tertiary/aromatic N) is 6. The summed E-state index contributed by atoms with van der Waals surface area (Å²) in [6.45, 7) is 12.4. The number of piperazine rings is 1. The summed E-state index contributed by atoms with van der Waals surface area (Å²) in [6, 6.07) is 7.22. The van der Waals surface area contributed by atoms with E-state index < -0.39 is 53.5 Å². The lowest BCUT2D eigenvalue weighted by atomic mass is 9.93. The predicted octanol–water partition coefficient (Wildman–Crippen LogP) is 6.91. The van der Waals surface area contributed by atoms with Crippen molar-refractivity contribution in [3.05, 3.63) is 53.9 Å². The minimum atomic E-state index is -1.03. The van der Waals surface area contributed by atoms with Crippen molar-refractivity contribution >= 4 is 45.4 Å². The number of benzene rings is 2. The maximum absolute atomic E-state index is 17.7. The number of pyridine rings is 1. The number of hydrogen-bond acceptors (Lipinski definition) is 10. The van der Waals surface area contributed by atoms with Gasteiger partial charge >= 0.3 is 18.2 Å². The first-order valence-corrected chi connectivity index (χ1v) is 19.2. The Morgan fingerprint density at radius 3 is 2.74 bits per heavy atom. The maximum Gasteiger partial charge on any atom is 0.412 e. The Morgan fingerprint density at radius 1 is 1.18 bits per heavy atom. The van der Waals surface area contributed by atoms with Gasteiger partial charge in [0.2, 0.25) is 5.88 Å². The lowest BCUT2D eigenvalue weighted by Gasteiger charge is -2.47. The molecule has 57 heavy (non-hydrogen) atoms. The first kappa shape index (κ1) is 36.9. The van der Waals surface area contributed by atoms with Gasteiger partial charge < -0.3 is 24.2 Å². The Hall–Kier alpha value is -5.75. The van der Waals surface area contributed by atoms with Crippen LogP contribution in [0, 0.1) is 18.2 Å². The number of rotatable bonds is 5. The number of carbonyl (C=O) groups excluding carboxylic acids is 1. The van der Waals surface area contributed by atoms with Gasteiger partial charge in [-0.15, -0.1) is 6.42 Å². The number of ether oxygens (including phenoxy) is 3. The van der Waals surface area contributed by atoms with E-state index in [0.29, 0.717) is 53.6 Å². The van der Waals surface area contributed by atoms with Gasteiger partial charge in [0.1, 0.15) is 46.9 Å². The molecule has 5 aliphatic heterocycles. The Bertz CT molecular complexity index is 2430. The van der Waals surface area contributed by atoms with Gasteiger partial charge in [0, 0.05) is 48.3 Å². The Kier molecular flexibility index (Phi) is 8.51. The molecule has 7 heterocycles. The van der Waals surface area contributed by atoms with Gasteiger partial charge in [-0.3, -0.25) is 15.1 Å². The summed E-state index contributed by atoms with van der Waals surface area (Å²) in [4.78, 5) is 45.5. The van der Waals surface area contributed by atoms with E-state index in [4.69, 9.17) is 30.6 Å². The molecule has 5 unspecified atom stereocenters. The highest BCUT2D eigenvalue weighted by Gasteiger charge is 2.54. The van der Waals surface area contributed by atoms with Crippen molar-refractivity contribution in [2.75, 3.05) is 36.5 Å². The molecule has 4 fully saturated rings. The molecule has 4 saturated heterocycles. The van der Waals surface area contributed by atoms with Crippen molar-refractivity contribution in [2.24, 2.45) is 0 Å². The first-order chi connectivity index (χ1) is 27.1. The molecular weight excluding hydrogens is 737 g/mol. The minimum Gasteiger partial charge on any atom is -0.472 e. The van der Waals surface area contributed by atoms with Crippen LogP contribution in [0.4, 0.5) is 29.9 Å². The molecule has 15 heteroatoms. The normalized spacial score (nSPS) is 26.5. The molecule has 5 aliphatic rings. The zero-order valence-corrected chi connectivity index (χ0v) is 32.1. The van der Waals surface area contributed by atoms with Gasteiger partial charge in [0.25, 0.3) is 0 Å². The van der Waals surface area contributed by atoms with Crippen LogP contribution in [0.5, 0.6) is 11.9 Å². The van der Waals surface area contributed by atoms with Crippen LogP contribution in [0.25, 0.3) is 32.9 Å². The quantitative estimate of drug-likeness (QED) is 0.161. The Morgan fingerprint density at radius 2 is 1.98 bits per heavy atom. The first-order valence-electron chi connectivity index (χ1n) is 19.2. The number of fused-ring (bicyclic) bond motifs is 7. The maximum atomic E-state index is 17.7.